The molecular formula is C20H12F3N3O4. The fourth-order valence-electron chi connectivity index (χ4n) is 2.92. The first-order valence-corrected chi connectivity index (χ1v) is 8.64. The Morgan fingerprint density at radius 2 is 1.53 bits per heavy atom. The number of nitrogens with zero attached hydrogens (tertiary/aromatic N) is 3. The predicted molar refractivity (Wildman–Crippen MR) is 95.1 cm³/mol. The highest BCUT2D eigenvalue weighted by Gasteiger charge is 2.38. The van der Waals surface area contributed by atoms with E-state index < -0.39 is 29.7 Å². The molecule has 2 aromatic carbocycles. The number of amides is 2. The summed E-state index contributed by atoms with van der Waals surface area (Å²) in [5, 5.41) is 3.86. The summed E-state index contributed by atoms with van der Waals surface area (Å²) in [6, 6.07) is 12.7. The molecule has 1 aliphatic heterocycles. The number of halogens is 3. The maximum atomic E-state index is 12.6. The van der Waals surface area contributed by atoms with Gasteiger partial charge in [0.05, 0.1) is 23.2 Å². The van der Waals surface area contributed by atoms with E-state index in [9.17, 15) is 27.6 Å². The molecule has 7 nitrogen and oxygen atoms in total. The summed E-state index contributed by atoms with van der Waals surface area (Å²) in [6.07, 6.45) is -3.32. The van der Waals surface area contributed by atoms with Gasteiger partial charge in [-0.15, -0.1) is 0 Å². The third-order valence-corrected chi connectivity index (χ3v) is 4.40. The van der Waals surface area contributed by atoms with Crippen molar-refractivity contribution in [3.05, 3.63) is 88.7 Å². The molecule has 152 valence electrons. The van der Waals surface area contributed by atoms with Crippen molar-refractivity contribution in [3.8, 4) is 0 Å². The van der Waals surface area contributed by atoms with Gasteiger partial charge >= 0.3 is 12.1 Å². The van der Waals surface area contributed by atoms with E-state index in [-0.39, 0.29) is 23.2 Å². The van der Waals surface area contributed by atoms with Crippen molar-refractivity contribution in [3.63, 3.8) is 0 Å². The molecule has 2 amide bonds. The van der Waals surface area contributed by atoms with Crippen LogP contribution in [-0.4, -0.2) is 32.6 Å². The maximum Gasteiger partial charge on any atom is 0.435 e. The van der Waals surface area contributed by atoms with Crippen molar-refractivity contribution >= 4 is 17.8 Å². The zero-order chi connectivity index (χ0) is 21.5. The molecule has 0 bridgehead atoms. The molecule has 0 spiro atoms. The number of imide groups is 1. The fourth-order valence-corrected chi connectivity index (χ4v) is 2.92. The van der Waals surface area contributed by atoms with E-state index in [4.69, 9.17) is 4.84 Å². The minimum atomic E-state index is -4.52. The van der Waals surface area contributed by atoms with Crippen LogP contribution in [0.1, 0.15) is 42.3 Å². The van der Waals surface area contributed by atoms with Gasteiger partial charge in [0.25, 0.3) is 11.8 Å². The number of hydrogen-bond acceptors (Lipinski definition) is 5. The van der Waals surface area contributed by atoms with Gasteiger partial charge in [0, 0.05) is 6.20 Å². The molecule has 0 N–H and O–H groups in total. The molecule has 3 aromatic rings. The first-order valence-electron chi connectivity index (χ1n) is 8.64. The van der Waals surface area contributed by atoms with Crippen LogP contribution in [-0.2, 0) is 17.6 Å². The second-order valence-corrected chi connectivity index (χ2v) is 6.42. The van der Waals surface area contributed by atoms with Crippen LogP contribution < -0.4 is 0 Å². The summed E-state index contributed by atoms with van der Waals surface area (Å²) in [4.78, 5) is 41.8. The monoisotopic (exact) mass is 415 g/mol. The average Bonchev–Trinajstić information content (AvgIpc) is 3.28. The Balaban J connectivity index is 1.43. The molecule has 30 heavy (non-hydrogen) atoms. The lowest BCUT2D eigenvalue weighted by atomic mass is 10.1. The van der Waals surface area contributed by atoms with Gasteiger partial charge in [0.2, 0.25) is 0 Å². The minimum absolute atomic E-state index is 0.0593. The van der Waals surface area contributed by atoms with E-state index in [1.54, 1.807) is 12.1 Å². The lowest BCUT2D eigenvalue weighted by Gasteiger charge is -2.12. The molecule has 0 saturated heterocycles. The van der Waals surface area contributed by atoms with Gasteiger partial charge < -0.3 is 4.84 Å². The number of aromatic nitrogens is 2. The van der Waals surface area contributed by atoms with E-state index in [0.717, 1.165) is 10.7 Å². The van der Waals surface area contributed by atoms with Crippen molar-refractivity contribution < 1.29 is 32.4 Å². The Labute approximate surface area is 167 Å². The molecule has 2 heterocycles. The maximum absolute atomic E-state index is 12.6. The van der Waals surface area contributed by atoms with Crippen LogP contribution in [0, 0.1) is 0 Å². The quantitative estimate of drug-likeness (QED) is 0.611. The second kappa shape index (κ2) is 7.14. The van der Waals surface area contributed by atoms with Crippen molar-refractivity contribution in [1.29, 1.82) is 0 Å². The van der Waals surface area contributed by atoms with Gasteiger partial charge in [-0.1, -0.05) is 29.3 Å². The van der Waals surface area contributed by atoms with Crippen LogP contribution in [0.15, 0.2) is 60.8 Å². The van der Waals surface area contributed by atoms with E-state index in [1.807, 2.05) is 0 Å². The zero-order valence-corrected chi connectivity index (χ0v) is 15.1. The molecule has 0 atom stereocenters. The molecule has 0 saturated carbocycles. The van der Waals surface area contributed by atoms with Crippen molar-refractivity contribution in [1.82, 2.24) is 14.8 Å². The molecule has 0 aliphatic carbocycles. The summed E-state index contributed by atoms with van der Waals surface area (Å²) < 4.78 is 39.0. The Kier molecular flexibility index (Phi) is 4.61. The Hall–Kier alpha value is -3.95. The number of carbonyl (C=O) groups excluding carboxylic acids is 3. The van der Waals surface area contributed by atoms with E-state index in [2.05, 4.69) is 5.10 Å². The van der Waals surface area contributed by atoms with Crippen molar-refractivity contribution in [2.75, 3.05) is 0 Å². The third kappa shape index (κ3) is 3.54. The second-order valence-electron chi connectivity index (χ2n) is 6.42. The predicted octanol–water partition coefficient (Wildman–Crippen LogP) is 3.32. The average molecular weight is 415 g/mol. The van der Waals surface area contributed by atoms with Gasteiger partial charge in [-0.25, -0.2) is 4.79 Å². The highest BCUT2D eigenvalue weighted by molar-refractivity contribution is 6.21. The van der Waals surface area contributed by atoms with Crippen LogP contribution >= 0.6 is 0 Å². The standard InChI is InChI=1S/C20H12F3N3O4/c21-20(22,23)16-9-10-25(24-16)11-12-5-7-13(8-6-12)19(29)30-26-17(27)14-3-1-2-4-15(14)18(26)28/h1-10H,11H2. The number of fused-ring (bicyclic) bond motifs is 1. The largest absolute Gasteiger partial charge is 0.435 e. The van der Waals surface area contributed by atoms with Crippen LogP contribution in [0.4, 0.5) is 13.2 Å². The Bertz CT molecular complexity index is 1120. The van der Waals surface area contributed by atoms with E-state index >= 15 is 0 Å². The summed E-state index contributed by atoms with van der Waals surface area (Å²) >= 11 is 0. The topological polar surface area (TPSA) is 81.5 Å². The number of rotatable bonds is 4. The minimum Gasteiger partial charge on any atom is -0.324 e. The normalized spacial score (nSPS) is 13.5. The van der Waals surface area contributed by atoms with Gasteiger partial charge in [-0.3, -0.25) is 14.3 Å². The van der Waals surface area contributed by atoms with Gasteiger partial charge in [0.15, 0.2) is 5.69 Å². The summed E-state index contributed by atoms with van der Waals surface area (Å²) in [5.74, 6) is -2.39. The van der Waals surface area contributed by atoms with Gasteiger partial charge in [-0.05, 0) is 35.9 Å². The number of benzene rings is 2. The van der Waals surface area contributed by atoms with Crippen LogP contribution in [0.2, 0.25) is 0 Å². The van der Waals surface area contributed by atoms with E-state index in [1.165, 1.54) is 42.6 Å². The lowest BCUT2D eigenvalue weighted by molar-refractivity contribution is -0.141. The van der Waals surface area contributed by atoms with Crippen LogP contribution in [0.25, 0.3) is 0 Å². The molecule has 0 radical (unpaired) electrons. The number of carbonyl (C=O) groups is 3. The van der Waals surface area contributed by atoms with Crippen molar-refractivity contribution in [2.45, 2.75) is 12.7 Å². The SMILES string of the molecule is O=C(ON1C(=O)c2ccccc2C1=O)c1ccc(Cn2ccc(C(F)(F)F)n2)cc1. The van der Waals surface area contributed by atoms with Gasteiger partial charge in [0.1, 0.15) is 0 Å². The van der Waals surface area contributed by atoms with E-state index in [0.29, 0.717) is 10.6 Å². The molecule has 0 unspecified atom stereocenters. The molecule has 1 aliphatic rings. The van der Waals surface area contributed by atoms with Crippen molar-refractivity contribution in [2.24, 2.45) is 0 Å². The molecule has 4 rings (SSSR count). The Morgan fingerprint density at radius 1 is 0.933 bits per heavy atom. The highest BCUT2D eigenvalue weighted by Crippen LogP contribution is 2.27. The zero-order valence-electron chi connectivity index (χ0n) is 15.1. The highest BCUT2D eigenvalue weighted by atomic mass is 19.4. The Morgan fingerprint density at radius 3 is 2.07 bits per heavy atom. The molecule has 1 aromatic heterocycles. The number of alkyl halides is 3. The van der Waals surface area contributed by atoms with Crippen LogP contribution in [0.5, 0.6) is 0 Å². The summed E-state index contributed by atoms with van der Waals surface area (Å²) in [5.41, 5.74) is -0.0642. The number of hydrogen-bond donors (Lipinski definition) is 0. The van der Waals surface area contributed by atoms with Gasteiger partial charge in [-0.2, -0.15) is 18.3 Å². The number of hydroxylamine groups is 2. The summed E-state index contributed by atoms with van der Waals surface area (Å²) in [7, 11) is 0. The molecule has 0 fully saturated rings. The fraction of sp³-hybridized carbons (Fsp3) is 0.100. The first-order chi connectivity index (χ1) is 14.2. The first kappa shape index (κ1) is 19.4. The summed E-state index contributed by atoms with van der Waals surface area (Å²) in [6.45, 7) is 0.0593. The third-order valence-electron chi connectivity index (χ3n) is 4.40. The lowest BCUT2D eigenvalue weighted by Crippen LogP contribution is -2.32. The molecule has 10 heteroatoms. The smallest absolute Gasteiger partial charge is 0.324 e. The molecular weight excluding hydrogens is 403 g/mol. The van der Waals surface area contributed by atoms with Crippen LogP contribution in [0.3, 0.4) is 0 Å².